The van der Waals surface area contributed by atoms with Gasteiger partial charge in [0.2, 0.25) is 0 Å². The van der Waals surface area contributed by atoms with Crippen molar-refractivity contribution in [1.82, 2.24) is 14.9 Å². The Labute approximate surface area is 142 Å². The summed E-state index contributed by atoms with van der Waals surface area (Å²) in [4.78, 5) is 25.8. The predicted octanol–water partition coefficient (Wildman–Crippen LogP) is 2.77. The lowest BCUT2D eigenvalue weighted by Crippen LogP contribution is -2.49. The molecule has 0 N–H and O–H groups in total. The number of piperazine rings is 1. The third kappa shape index (κ3) is 3.27. The number of aryl methyl sites for hydroxylation is 2. The molecular formula is C18H24N4O2. The summed E-state index contributed by atoms with van der Waals surface area (Å²) in [5, 5.41) is 0. The second-order valence-corrected chi connectivity index (χ2v) is 6.55. The first-order valence-corrected chi connectivity index (χ1v) is 8.39. The van der Waals surface area contributed by atoms with Gasteiger partial charge in [-0.2, -0.15) is 0 Å². The molecule has 1 amide bonds. The van der Waals surface area contributed by atoms with E-state index >= 15 is 0 Å². The average molecular weight is 328 g/mol. The lowest BCUT2D eigenvalue weighted by Gasteiger charge is -2.35. The van der Waals surface area contributed by atoms with Crippen LogP contribution in [0.3, 0.4) is 0 Å². The van der Waals surface area contributed by atoms with Crippen LogP contribution >= 0.6 is 0 Å². The van der Waals surface area contributed by atoms with Crippen LogP contribution in [0.1, 0.15) is 47.4 Å². The van der Waals surface area contributed by atoms with Gasteiger partial charge < -0.3 is 14.2 Å². The number of carbonyl (C=O) groups excluding carboxylic acids is 1. The molecule has 1 fully saturated rings. The molecule has 0 unspecified atom stereocenters. The molecule has 128 valence electrons. The number of rotatable bonds is 3. The maximum Gasteiger partial charge on any atom is 0.257 e. The maximum atomic E-state index is 12.5. The van der Waals surface area contributed by atoms with Gasteiger partial charge in [-0.3, -0.25) is 4.79 Å². The van der Waals surface area contributed by atoms with Crippen LogP contribution in [0.25, 0.3) is 0 Å². The van der Waals surface area contributed by atoms with Crippen molar-refractivity contribution in [2.45, 2.75) is 33.6 Å². The number of anilines is 1. The highest BCUT2D eigenvalue weighted by Gasteiger charge is 2.25. The number of hydrogen-bond donors (Lipinski definition) is 0. The third-order valence-electron chi connectivity index (χ3n) is 4.35. The van der Waals surface area contributed by atoms with Gasteiger partial charge in [-0.15, -0.1) is 0 Å². The Morgan fingerprint density at radius 1 is 1.17 bits per heavy atom. The van der Waals surface area contributed by atoms with Crippen LogP contribution in [0, 0.1) is 13.8 Å². The normalized spacial score (nSPS) is 15.2. The summed E-state index contributed by atoms with van der Waals surface area (Å²) < 4.78 is 5.24. The Balaban J connectivity index is 1.69. The minimum absolute atomic E-state index is 0.0441. The molecule has 3 heterocycles. The molecule has 1 aliphatic heterocycles. The van der Waals surface area contributed by atoms with Crippen LogP contribution < -0.4 is 4.90 Å². The van der Waals surface area contributed by atoms with Crippen LogP contribution in [0.4, 0.5) is 5.82 Å². The van der Waals surface area contributed by atoms with Gasteiger partial charge in [-0.05, 0) is 19.9 Å². The van der Waals surface area contributed by atoms with Crippen molar-refractivity contribution in [1.29, 1.82) is 0 Å². The van der Waals surface area contributed by atoms with Crippen LogP contribution in [0.5, 0.6) is 0 Å². The fourth-order valence-corrected chi connectivity index (χ4v) is 2.91. The van der Waals surface area contributed by atoms with Crippen molar-refractivity contribution in [2.75, 3.05) is 31.1 Å². The zero-order chi connectivity index (χ0) is 17.3. The molecule has 0 atom stereocenters. The molecule has 0 saturated carbocycles. The van der Waals surface area contributed by atoms with Crippen LogP contribution in [-0.2, 0) is 0 Å². The van der Waals surface area contributed by atoms with Crippen molar-refractivity contribution in [3.63, 3.8) is 0 Å². The summed E-state index contributed by atoms with van der Waals surface area (Å²) in [6.45, 7) is 10.9. The molecule has 1 aliphatic rings. The van der Waals surface area contributed by atoms with Crippen molar-refractivity contribution in [3.05, 3.63) is 41.2 Å². The van der Waals surface area contributed by atoms with E-state index < -0.39 is 0 Å². The maximum absolute atomic E-state index is 12.5. The fraction of sp³-hybridized carbons (Fsp3) is 0.500. The molecule has 2 aromatic rings. The first-order chi connectivity index (χ1) is 11.5. The lowest BCUT2D eigenvalue weighted by atomic mass is 10.2. The largest absolute Gasteiger partial charge is 0.469 e. The van der Waals surface area contributed by atoms with Crippen molar-refractivity contribution < 1.29 is 9.21 Å². The summed E-state index contributed by atoms with van der Waals surface area (Å²) >= 11 is 0. The zero-order valence-electron chi connectivity index (χ0n) is 14.7. The Morgan fingerprint density at radius 2 is 1.88 bits per heavy atom. The number of amides is 1. The van der Waals surface area contributed by atoms with E-state index in [-0.39, 0.29) is 5.91 Å². The number of carbonyl (C=O) groups is 1. The van der Waals surface area contributed by atoms with E-state index in [0.717, 1.165) is 30.4 Å². The Hall–Kier alpha value is -2.37. The molecule has 2 aromatic heterocycles. The van der Waals surface area contributed by atoms with E-state index in [0.29, 0.717) is 30.3 Å². The molecule has 0 aromatic carbocycles. The van der Waals surface area contributed by atoms with E-state index in [4.69, 9.17) is 4.42 Å². The molecule has 24 heavy (non-hydrogen) atoms. The standard InChI is InChI=1S/C18H24N4O2/c1-12(2)17-19-13(3)11-16(20-17)21-6-8-22(9-7-21)18(23)15-5-10-24-14(15)4/h5,10-12H,6-9H2,1-4H3. The van der Waals surface area contributed by atoms with E-state index in [1.807, 2.05) is 24.8 Å². The smallest absolute Gasteiger partial charge is 0.257 e. The summed E-state index contributed by atoms with van der Waals surface area (Å²) in [6.07, 6.45) is 1.57. The van der Waals surface area contributed by atoms with Crippen LogP contribution in [0.2, 0.25) is 0 Å². The van der Waals surface area contributed by atoms with E-state index in [9.17, 15) is 4.79 Å². The highest BCUT2D eigenvalue weighted by atomic mass is 16.3. The van der Waals surface area contributed by atoms with Gasteiger partial charge in [0.05, 0.1) is 11.8 Å². The van der Waals surface area contributed by atoms with Crippen molar-refractivity contribution in [3.8, 4) is 0 Å². The highest BCUT2D eigenvalue weighted by Crippen LogP contribution is 2.20. The van der Waals surface area contributed by atoms with Crippen LogP contribution in [-0.4, -0.2) is 47.0 Å². The molecule has 6 nitrogen and oxygen atoms in total. The second kappa shape index (κ2) is 6.63. The van der Waals surface area contributed by atoms with E-state index in [2.05, 4.69) is 28.7 Å². The summed E-state index contributed by atoms with van der Waals surface area (Å²) in [5.74, 6) is 2.85. The van der Waals surface area contributed by atoms with Gasteiger partial charge in [0.15, 0.2) is 0 Å². The van der Waals surface area contributed by atoms with Crippen molar-refractivity contribution in [2.24, 2.45) is 0 Å². The highest BCUT2D eigenvalue weighted by molar-refractivity contribution is 5.95. The first-order valence-electron chi connectivity index (χ1n) is 8.39. The monoisotopic (exact) mass is 328 g/mol. The predicted molar refractivity (Wildman–Crippen MR) is 92.4 cm³/mol. The molecule has 0 aliphatic carbocycles. The molecule has 1 saturated heterocycles. The first kappa shape index (κ1) is 16.5. The summed E-state index contributed by atoms with van der Waals surface area (Å²) in [7, 11) is 0. The Bertz CT molecular complexity index is 730. The Morgan fingerprint density at radius 3 is 2.46 bits per heavy atom. The van der Waals surface area contributed by atoms with E-state index in [1.54, 1.807) is 12.3 Å². The minimum Gasteiger partial charge on any atom is -0.469 e. The number of aromatic nitrogens is 2. The van der Waals surface area contributed by atoms with E-state index in [1.165, 1.54) is 0 Å². The topological polar surface area (TPSA) is 62.5 Å². The summed E-state index contributed by atoms with van der Waals surface area (Å²) in [5.41, 5.74) is 1.64. The van der Waals surface area contributed by atoms with Gasteiger partial charge in [0.25, 0.3) is 5.91 Å². The van der Waals surface area contributed by atoms with Crippen molar-refractivity contribution >= 4 is 11.7 Å². The van der Waals surface area contributed by atoms with Crippen LogP contribution in [0.15, 0.2) is 22.8 Å². The van der Waals surface area contributed by atoms with Gasteiger partial charge in [0.1, 0.15) is 17.4 Å². The fourth-order valence-electron chi connectivity index (χ4n) is 2.91. The average Bonchev–Trinajstić information content (AvgIpc) is 2.99. The molecule has 3 rings (SSSR count). The lowest BCUT2D eigenvalue weighted by molar-refractivity contribution is 0.0744. The quantitative estimate of drug-likeness (QED) is 0.867. The SMILES string of the molecule is Cc1cc(N2CCN(C(=O)c3ccoc3C)CC2)nc(C(C)C)n1. The number of nitrogens with zero attached hydrogens (tertiary/aromatic N) is 4. The number of hydrogen-bond acceptors (Lipinski definition) is 5. The molecular weight excluding hydrogens is 304 g/mol. The van der Waals surface area contributed by atoms with Gasteiger partial charge >= 0.3 is 0 Å². The molecule has 0 radical (unpaired) electrons. The second-order valence-electron chi connectivity index (χ2n) is 6.55. The summed E-state index contributed by atoms with van der Waals surface area (Å²) in [6, 6.07) is 3.76. The van der Waals surface area contributed by atoms with Gasteiger partial charge in [-0.25, -0.2) is 9.97 Å². The Kier molecular flexibility index (Phi) is 4.55. The molecule has 0 spiro atoms. The van der Waals surface area contributed by atoms with Gasteiger partial charge in [-0.1, -0.05) is 13.8 Å². The minimum atomic E-state index is 0.0441. The number of furan rings is 1. The third-order valence-corrected chi connectivity index (χ3v) is 4.35. The molecule has 0 bridgehead atoms. The zero-order valence-corrected chi connectivity index (χ0v) is 14.7. The molecule has 6 heteroatoms. The van der Waals surface area contributed by atoms with Gasteiger partial charge in [0, 0.05) is 43.9 Å².